The van der Waals surface area contributed by atoms with Gasteiger partial charge < -0.3 is 9.47 Å². The zero-order valence-corrected chi connectivity index (χ0v) is 14.1. The summed E-state index contributed by atoms with van der Waals surface area (Å²) in [6.07, 6.45) is 5.64. The van der Waals surface area contributed by atoms with Gasteiger partial charge in [0.2, 0.25) is 0 Å². The first-order chi connectivity index (χ1) is 10.9. The fourth-order valence-corrected chi connectivity index (χ4v) is 2.88. The number of aromatic nitrogens is 4. The molecule has 0 spiro atoms. The summed E-state index contributed by atoms with van der Waals surface area (Å²) in [5, 5.41) is 4.55. The first-order valence-corrected chi connectivity index (χ1v) is 8.18. The maximum atomic E-state index is 12.0. The van der Waals surface area contributed by atoms with Crippen LogP contribution in [-0.2, 0) is 18.5 Å². The van der Waals surface area contributed by atoms with E-state index in [2.05, 4.69) is 40.3 Å². The molecule has 0 radical (unpaired) electrons. The van der Waals surface area contributed by atoms with Crippen molar-refractivity contribution in [2.24, 2.45) is 5.92 Å². The molecule has 3 rings (SSSR count). The summed E-state index contributed by atoms with van der Waals surface area (Å²) in [5.41, 5.74) is 0.926. The van der Waals surface area contributed by atoms with Crippen LogP contribution in [0.3, 0.4) is 0 Å². The molecule has 0 aromatic carbocycles. The highest BCUT2D eigenvalue weighted by Gasteiger charge is 2.27. The van der Waals surface area contributed by atoms with Crippen LogP contribution in [-0.4, -0.2) is 43.9 Å². The van der Waals surface area contributed by atoms with Crippen LogP contribution >= 0.6 is 0 Å². The second-order valence-electron chi connectivity index (χ2n) is 7.42. The smallest absolute Gasteiger partial charge is 0.266 e. The van der Waals surface area contributed by atoms with Gasteiger partial charge in [0, 0.05) is 56.0 Å². The highest BCUT2D eigenvalue weighted by Crippen LogP contribution is 2.20. The number of likely N-dealkylation sites (tertiary alicyclic amines) is 1. The first-order valence-electron chi connectivity index (χ1n) is 8.18. The Hall–Kier alpha value is -1.95. The molecule has 1 fully saturated rings. The SMILES string of the molecule is CC(C)(C)c1ccc(=O)n(CC2CN(CCn3ccnc3)C2)n1. The molecule has 6 nitrogen and oxygen atoms in total. The third kappa shape index (κ3) is 3.88. The minimum atomic E-state index is -0.0358. The molecular weight excluding hydrogens is 290 g/mol. The van der Waals surface area contributed by atoms with Crippen LogP contribution in [0, 0.1) is 5.92 Å². The lowest BCUT2D eigenvalue weighted by molar-refractivity contribution is 0.0802. The van der Waals surface area contributed by atoms with Crippen molar-refractivity contribution >= 4 is 0 Å². The molecule has 23 heavy (non-hydrogen) atoms. The average molecular weight is 315 g/mol. The molecule has 124 valence electrons. The topological polar surface area (TPSA) is 56.0 Å². The molecule has 0 amide bonds. The Balaban J connectivity index is 1.52. The van der Waals surface area contributed by atoms with E-state index in [0.29, 0.717) is 12.5 Å². The molecule has 0 atom stereocenters. The summed E-state index contributed by atoms with van der Waals surface area (Å²) < 4.78 is 3.73. The number of nitrogens with zero attached hydrogens (tertiary/aromatic N) is 5. The van der Waals surface area contributed by atoms with Crippen molar-refractivity contribution in [2.45, 2.75) is 39.3 Å². The van der Waals surface area contributed by atoms with Crippen LogP contribution in [0.25, 0.3) is 0 Å². The second kappa shape index (κ2) is 6.28. The molecule has 1 aliphatic rings. The van der Waals surface area contributed by atoms with Crippen molar-refractivity contribution in [3.8, 4) is 0 Å². The third-order valence-electron chi connectivity index (χ3n) is 4.33. The fourth-order valence-electron chi connectivity index (χ4n) is 2.88. The Morgan fingerprint density at radius 2 is 2.00 bits per heavy atom. The summed E-state index contributed by atoms with van der Waals surface area (Å²) in [4.78, 5) is 18.5. The molecule has 0 saturated carbocycles. The van der Waals surface area contributed by atoms with Crippen LogP contribution in [0.5, 0.6) is 0 Å². The number of hydrogen-bond acceptors (Lipinski definition) is 4. The first kappa shape index (κ1) is 15.9. The van der Waals surface area contributed by atoms with Gasteiger partial charge in [0.25, 0.3) is 5.56 Å². The summed E-state index contributed by atoms with van der Waals surface area (Å²) in [5.74, 6) is 0.512. The van der Waals surface area contributed by atoms with E-state index < -0.39 is 0 Å². The molecule has 3 heterocycles. The van der Waals surface area contributed by atoms with Crippen molar-refractivity contribution < 1.29 is 0 Å². The molecule has 2 aromatic heterocycles. The zero-order chi connectivity index (χ0) is 16.4. The van der Waals surface area contributed by atoms with Crippen LogP contribution in [0.2, 0.25) is 0 Å². The van der Waals surface area contributed by atoms with Gasteiger partial charge in [0.05, 0.1) is 18.6 Å². The predicted molar refractivity (Wildman–Crippen MR) is 89.4 cm³/mol. The van der Waals surface area contributed by atoms with Gasteiger partial charge in [-0.3, -0.25) is 4.79 Å². The van der Waals surface area contributed by atoms with E-state index in [-0.39, 0.29) is 11.0 Å². The summed E-state index contributed by atoms with van der Waals surface area (Å²) in [6, 6.07) is 3.49. The van der Waals surface area contributed by atoms with E-state index in [1.165, 1.54) is 0 Å². The van der Waals surface area contributed by atoms with Gasteiger partial charge >= 0.3 is 0 Å². The fraction of sp³-hybridized carbons (Fsp3) is 0.588. The Bertz CT molecular complexity index is 693. The minimum absolute atomic E-state index is 0.00475. The van der Waals surface area contributed by atoms with Crippen molar-refractivity contribution in [1.29, 1.82) is 0 Å². The zero-order valence-electron chi connectivity index (χ0n) is 14.1. The van der Waals surface area contributed by atoms with Gasteiger partial charge in [-0.25, -0.2) is 9.67 Å². The van der Waals surface area contributed by atoms with Crippen LogP contribution < -0.4 is 5.56 Å². The van der Waals surface area contributed by atoms with E-state index in [1.807, 2.05) is 18.6 Å². The second-order valence-corrected chi connectivity index (χ2v) is 7.42. The maximum absolute atomic E-state index is 12.0. The Kier molecular flexibility index (Phi) is 4.35. The molecule has 0 aliphatic carbocycles. The summed E-state index contributed by atoms with van der Waals surface area (Å²) >= 11 is 0. The van der Waals surface area contributed by atoms with E-state index in [9.17, 15) is 4.79 Å². The molecule has 2 aromatic rings. The third-order valence-corrected chi connectivity index (χ3v) is 4.33. The summed E-state index contributed by atoms with van der Waals surface area (Å²) in [6.45, 7) is 11.1. The van der Waals surface area contributed by atoms with Crippen LogP contribution in [0.1, 0.15) is 26.5 Å². The monoisotopic (exact) mass is 315 g/mol. The lowest BCUT2D eigenvalue weighted by Crippen LogP contribution is -2.50. The molecule has 1 aliphatic heterocycles. The Morgan fingerprint density at radius 1 is 1.22 bits per heavy atom. The quantitative estimate of drug-likeness (QED) is 0.836. The van der Waals surface area contributed by atoms with Crippen molar-refractivity contribution in [1.82, 2.24) is 24.2 Å². The van der Waals surface area contributed by atoms with Crippen LogP contribution in [0.4, 0.5) is 0 Å². The molecule has 0 N–H and O–H groups in total. The minimum Gasteiger partial charge on any atom is -0.336 e. The van der Waals surface area contributed by atoms with Crippen molar-refractivity contribution in [2.75, 3.05) is 19.6 Å². The lowest BCUT2D eigenvalue weighted by atomic mass is 9.92. The highest BCUT2D eigenvalue weighted by molar-refractivity contribution is 5.10. The van der Waals surface area contributed by atoms with E-state index in [0.717, 1.165) is 31.9 Å². The van der Waals surface area contributed by atoms with Crippen LogP contribution in [0.15, 0.2) is 35.6 Å². The highest BCUT2D eigenvalue weighted by atomic mass is 16.1. The van der Waals surface area contributed by atoms with Gasteiger partial charge in [-0.2, -0.15) is 5.10 Å². The molecule has 6 heteroatoms. The normalized spacial score (nSPS) is 16.5. The molecule has 1 saturated heterocycles. The molecular formula is C17H25N5O. The number of imidazole rings is 1. The largest absolute Gasteiger partial charge is 0.336 e. The Morgan fingerprint density at radius 3 is 2.65 bits per heavy atom. The predicted octanol–water partition coefficient (Wildman–Crippen LogP) is 1.37. The number of hydrogen-bond donors (Lipinski definition) is 0. The summed E-state index contributed by atoms with van der Waals surface area (Å²) in [7, 11) is 0. The van der Waals surface area contributed by atoms with Gasteiger partial charge in [0.1, 0.15) is 0 Å². The van der Waals surface area contributed by atoms with Crippen molar-refractivity contribution in [3.05, 3.63) is 46.9 Å². The van der Waals surface area contributed by atoms with Crippen molar-refractivity contribution in [3.63, 3.8) is 0 Å². The lowest BCUT2D eigenvalue weighted by Gasteiger charge is -2.39. The van der Waals surface area contributed by atoms with Gasteiger partial charge in [-0.05, 0) is 6.07 Å². The standard InChI is InChI=1S/C17H25N5O/c1-17(2,3)15-4-5-16(23)22(19-15)12-14-10-21(11-14)9-8-20-7-6-18-13-20/h4-7,13-14H,8-12H2,1-3H3. The van der Waals surface area contributed by atoms with Gasteiger partial charge in [-0.15, -0.1) is 0 Å². The van der Waals surface area contributed by atoms with E-state index >= 15 is 0 Å². The molecule has 0 bridgehead atoms. The van der Waals surface area contributed by atoms with Gasteiger partial charge in [-0.1, -0.05) is 20.8 Å². The average Bonchev–Trinajstić information content (AvgIpc) is 2.95. The Labute approximate surface area is 136 Å². The molecule has 0 unspecified atom stereocenters. The maximum Gasteiger partial charge on any atom is 0.266 e. The van der Waals surface area contributed by atoms with E-state index in [4.69, 9.17) is 0 Å². The van der Waals surface area contributed by atoms with E-state index in [1.54, 1.807) is 16.9 Å². The number of rotatable bonds is 5. The van der Waals surface area contributed by atoms with Gasteiger partial charge in [0.15, 0.2) is 0 Å².